The number of halogens is 1. The first kappa shape index (κ1) is 90.1. The molecule has 6 aromatic carbocycles. The Balaban J connectivity index is 0.000000314. The minimum atomic E-state index is -0.949. The molecule has 0 radical (unpaired) electrons. The summed E-state index contributed by atoms with van der Waals surface area (Å²) in [6.07, 6.45) is 0.451. The normalized spacial score (nSPS) is 12.8. The summed E-state index contributed by atoms with van der Waals surface area (Å²) in [4.78, 5) is 126. The quantitative estimate of drug-likeness (QED) is 0.0106. The second kappa shape index (κ2) is 49.4. The number of esters is 4. The third-order valence-electron chi connectivity index (χ3n) is 15.6. The molecule has 6 amide bonds. The van der Waals surface area contributed by atoms with Crippen molar-refractivity contribution in [3.05, 3.63) is 202 Å². The van der Waals surface area contributed by atoms with Gasteiger partial charge in [0.25, 0.3) is 23.6 Å². The van der Waals surface area contributed by atoms with E-state index in [0.29, 0.717) is 94.1 Å². The van der Waals surface area contributed by atoms with Crippen LogP contribution in [0.15, 0.2) is 158 Å². The van der Waals surface area contributed by atoms with Crippen LogP contribution in [0.2, 0.25) is 0 Å². The summed E-state index contributed by atoms with van der Waals surface area (Å²) < 4.78 is 70.6. The Morgan fingerprint density at radius 1 is 0.387 bits per heavy atom. The van der Waals surface area contributed by atoms with E-state index in [0.717, 1.165) is 22.3 Å². The number of amides is 6. The molecule has 0 aromatic heterocycles. The van der Waals surface area contributed by atoms with Crippen molar-refractivity contribution in [2.24, 2.45) is 0 Å². The van der Waals surface area contributed by atoms with Crippen LogP contribution in [0, 0.1) is 0 Å². The number of imide groups is 2. The van der Waals surface area contributed by atoms with Crippen LogP contribution >= 0.6 is 15.9 Å². The number of hydrogen-bond donors (Lipinski definition) is 3. The molecule has 29 heteroatoms. The van der Waals surface area contributed by atoms with Crippen LogP contribution in [0.4, 0.5) is 0 Å². The highest BCUT2D eigenvalue weighted by Gasteiger charge is 2.36. The molecule has 2 aliphatic heterocycles. The number of ether oxygens (including phenoxy) is 13. The monoisotopic (exact) mass is 1600 g/mol. The van der Waals surface area contributed by atoms with E-state index in [9.17, 15) is 53.1 Å². The molecule has 8 rings (SSSR count). The molecule has 2 unspecified atom stereocenters. The van der Waals surface area contributed by atoms with E-state index < -0.39 is 35.6 Å². The molecular weight excluding hydrogens is 1500 g/mol. The van der Waals surface area contributed by atoms with Crippen molar-refractivity contribution in [3.63, 3.8) is 0 Å². The van der Waals surface area contributed by atoms with E-state index in [-0.39, 0.29) is 156 Å². The number of phenolic OH excluding ortho intramolecular Hbond substituents is 1. The van der Waals surface area contributed by atoms with Gasteiger partial charge in [-0.15, -0.1) is 0 Å². The maximum atomic E-state index is 13.1. The predicted octanol–water partition coefficient (Wildman–Crippen LogP) is 8.57. The molecule has 0 saturated heterocycles. The smallest absolute Gasteiger partial charge is 0.344 e. The van der Waals surface area contributed by atoms with Gasteiger partial charge in [-0.05, 0) is 112 Å². The lowest BCUT2D eigenvalue weighted by atomic mass is 10.1. The molecule has 0 aliphatic carbocycles. The summed E-state index contributed by atoms with van der Waals surface area (Å²) in [6, 6.07) is 43.4. The highest BCUT2D eigenvalue weighted by Crippen LogP contribution is 2.24. The number of alkyl halides is 1. The minimum Gasteiger partial charge on any atom is -0.508 e. The molecule has 28 nitrogen and oxygen atoms in total. The lowest BCUT2D eigenvalue weighted by Gasteiger charge is -2.19. The van der Waals surface area contributed by atoms with Crippen molar-refractivity contribution in [1.82, 2.24) is 20.4 Å². The van der Waals surface area contributed by atoms with Crippen LogP contribution in [0.25, 0.3) is 0 Å². The Labute approximate surface area is 655 Å². The molecular formula is C82H101BrN4O24. The highest BCUT2D eigenvalue weighted by molar-refractivity contribution is 9.09. The van der Waals surface area contributed by atoms with E-state index in [1.54, 1.807) is 106 Å². The fraction of sp³-hybridized carbons (Fsp3) is 0.439. The number of hydrogen-bond acceptors (Lipinski definition) is 24. The van der Waals surface area contributed by atoms with Gasteiger partial charge in [-0.3, -0.25) is 43.4 Å². The standard InChI is InChI=1S/C41H50N2O12.C35H40N2O10.C6H11BrO2/c1-41(2,3)55-37(45)29-53-32-15-13-30(14-16-32)27-35(40(48)54-28-31-9-5-4-6-10-31)42-36(44)17-19-49-21-23-51-25-26-52-24-22-50-20-18-43-38(46)33-11-7-8-12-34(33)39(43)47;38-28-12-10-26(11-13-28)24-31(35(42)47-25-27-6-2-1-3-7-27)36-32(39)14-16-43-18-20-45-22-23-46-21-19-44-17-15-37-33(40)29-8-4-5-9-30(29)34(37)41;1-6(2,3)9-5(8)4-7/h4-16,35H,17-29H2,1-3H3,(H,42,44);1-13,31,38H,14-25H2,(H,36,39);4H2,1-3H3. The topological polar surface area (TPSA) is 341 Å². The number of nitrogens with zero attached hydrogens (tertiary/aromatic N) is 2. The molecule has 0 fully saturated rings. The molecule has 0 spiro atoms. The maximum Gasteiger partial charge on any atom is 0.344 e. The maximum absolute atomic E-state index is 13.1. The van der Waals surface area contributed by atoms with Gasteiger partial charge in [0, 0.05) is 25.7 Å². The van der Waals surface area contributed by atoms with Crippen molar-refractivity contribution in [3.8, 4) is 11.5 Å². The zero-order chi connectivity index (χ0) is 80.2. The zero-order valence-electron chi connectivity index (χ0n) is 63.7. The molecule has 3 N–H and O–H groups in total. The number of phenols is 1. The van der Waals surface area contributed by atoms with E-state index in [1.807, 2.05) is 81.4 Å². The summed E-state index contributed by atoms with van der Waals surface area (Å²) in [5, 5.41) is 15.3. The molecule has 600 valence electrons. The molecule has 2 atom stereocenters. The van der Waals surface area contributed by atoms with Gasteiger partial charge in [-0.1, -0.05) is 125 Å². The molecule has 0 saturated carbocycles. The third-order valence-corrected chi connectivity index (χ3v) is 16.0. The van der Waals surface area contributed by atoms with Gasteiger partial charge in [-0.25, -0.2) is 14.4 Å². The van der Waals surface area contributed by atoms with Crippen LogP contribution in [-0.4, -0.2) is 228 Å². The summed E-state index contributed by atoms with van der Waals surface area (Å²) in [5.41, 5.74) is 3.85. The van der Waals surface area contributed by atoms with E-state index in [2.05, 4.69) is 26.6 Å². The van der Waals surface area contributed by atoms with E-state index >= 15 is 0 Å². The second-order valence-corrected chi connectivity index (χ2v) is 27.3. The van der Waals surface area contributed by atoms with Crippen LogP contribution in [0.3, 0.4) is 0 Å². The Morgan fingerprint density at radius 3 is 1.02 bits per heavy atom. The fourth-order valence-corrected chi connectivity index (χ4v) is 10.4. The minimum absolute atomic E-state index is 0.0238. The average molecular weight is 1610 g/mol. The van der Waals surface area contributed by atoms with Gasteiger partial charge in [0.1, 0.15) is 53.3 Å². The number of carbonyl (C=O) groups is 10. The lowest BCUT2D eigenvalue weighted by molar-refractivity contribution is -0.157. The van der Waals surface area contributed by atoms with Crippen LogP contribution in [0.1, 0.15) is 118 Å². The summed E-state index contributed by atoms with van der Waals surface area (Å²) in [7, 11) is 0. The molecule has 2 aliphatic rings. The summed E-state index contributed by atoms with van der Waals surface area (Å²) in [5.74, 6) is -3.23. The van der Waals surface area contributed by atoms with Gasteiger partial charge in [0.2, 0.25) is 11.8 Å². The van der Waals surface area contributed by atoms with Gasteiger partial charge in [0.05, 0.1) is 141 Å². The Kier molecular flexibility index (Phi) is 40.1. The average Bonchev–Trinajstić information content (AvgIpc) is 1.65. The third kappa shape index (κ3) is 35.4. The van der Waals surface area contributed by atoms with Gasteiger partial charge < -0.3 is 77.3 Å². The Bertz CT molecular complexity index is 3800. The number of carbonyl (C=O) groups excluding carboxylic acids is 10. The van der Waals surface area contributed by atoms with Crippen LogP contribution in [0.5, 0.6) is 11.5 Å². The van der Waals surface area contributed by atoms with E-state index in [4.69, 9.17) is 61.6 Å². The zero-order valence-corrected chi connectivity index (χ0v) is 65.2. The van der Waals surface area contributed by atoms with Gasteiger partial charge in [0.15, 0.2) is 6.61 Å². The molecule has 2 heterocycles. The Hall–Kier alpha value is -9.82. The number of fused-ring (bicyclic) bond motifs is 2. The second-order valence-electron chi connectivity index (χ2n) is 26.8. The largest absolute Gasteiger partial charge is 0.508 e. The first-order valence-electron chi connectivity index (χ1n) is 36.4. The van der Waals surface area contributed by atoms with Crippen molar-refractivity contribution in [1.29, 1.82) is 0 Å². The van der Waals surface area contributed by atoms with E-state index in [1.165, 1.54) is 21.9 Å². The number of nitrogens with one attached hydrogen (secondary N) is 2. The van der Waals surface area contributed by atoms with Gasteiger partial charge >= 0.3 is 23.9 Å². The Morgan fingerprint density at radius 2 is 0.694 bits per heavy atom. The number of aromatic hydroxyl groups is 1. The van der Waals surface area contributed by atoms with Crippen molar-refractivity contribution in [2.45, 2.75) is 104 Å². The van der Waals surface area contributed by atoms with Gasteiger partial charge in [-0.2, -0.15) is 0 Å². The first-order valence-corrected chi connectivity index (χ1v) is 37.5. The summed E-state index contributed by atoms with van der Waals surface area (Å²) in [6.45, 7) is 15.6. The fourth-order valence-electron chi connectivity index (χ4n) is 10.3. The SMILES string of the molecule is CC(C)(C)OC(=O)CBr.CC(C)(C)OC(=O)COc1ccc(CC(NC(=O)CCOCCOCCOCCOCCN2C(=O)c3ccccc3C2=O)C(=O)OCc2ccccc2)cc1.O=C(CCOCCOCCOCCOCCN1C(=O)c2ccccc2C1=O)NC(Cc1ccc(O)cc1)C(=O)OCc1ccccc1. The number of benzene rings is 6. The number of rotatable bonds is 46. The van der Waals surface area contributed by atoms with Crippen LogP contribution < -0.4 is 15.4 Å². The molecule has 0 bridgehead atoms. The van der Waals surface area contributed by atoms with Crippen molar-refractivity contribution in [2.75, 3.05) is 131 Å². The first-order chi connectivity index (χ1) is 53.4. The molecule has 6 aromatic rings. The van der Waals surface area contributed by atoms with Crippen LogP contribution in [-0.2, 0) is 112 Å². The summed E-state index contributed by atoms with van der Waals surface area (Å²) >= 11 is 2.99. The highest BCUT2D eigenvalue weighted by atomic mass is 79.9. The lowest BCUT2D eigenvalue weighted by Crippen LogP contribution is -2.43. The molecule has 111 heavy (non-hydrogen) atoms. The predicted molar refractivity (Wildman–Crippen MR) is 409 cm³/mol. The van der Waals surface area contributed by atoms with Crippen molar-refractivity contribution < 1.29 is 115 Å². The van der Waals surface area contributed by atoms with Crippen molar-refractivity contribution >= 4 is 75.3 Å².